The number of aryl methyl sites for hydroxylation is 2. The number of hydrogen-bond donors (Lipinski definition) is 1. The predicted molar refractivity (Wildman–Crippen MR) is 66.1 cm³/mol. The zero-order chi connectivity index (χ0) is 11.6. The van der Waals surface area contributed by atoms with Crippen molar-refractivity contribution in [3.05, 3.63) is 18.2 Å². The molecular weight excluding hydrogens is 198 g/mol. The highest BCUT2D eigenvalue weighted by atomic mass is 15.0. The Bertz CT molecular complexity index is 335. The largest absolute Gasteiger partial charge is 0.338 e. The van der Waals surface area contributed by atoms with Crippen LogP contribution in [0.1, 0.15) is 44.9 Å². The molecule has 1 saturated carbocycles. The van der Waals surface area contributed by atoms with E-state index in [0.717, 1.165) is 24.6 Å². The average Bonchev–Trinajstić information content (AvgIpc) is 2.67. The fourth-order valence-corrected chi connectivity index (χ4v) is 2.59. The summed E-state index contributed by atoms with van der Waals surface area (Å²) in [7, 11) is 2.05. The molecule has 0 aliphatic heterocycles. The van der Waals surface area contributed by atoms with Crippen LogP contribution in [0.5, 0.6) is 0 Å². The van der Waals surface area contributed by atoms with Gasteiger partial charge >= 0.3 is 0 Å². The Morgan fingerprint density at radius 3 is 2.75 bits per heavy atom. The van der Waals surface area contributed by atoms with Crippen LogP contribution in [0.2, 0.25) is 0 Å². The van der Waals surface area contributed by atoms with Gasteiger partial charge in [0.2, 0.25) is 0 Å². The first-order chi connectivity index (χ1) is 7.59. The molecule has 2 rings (SSSR count). The van der Waals surface area contributed by atoms with Gasteiger partial charge in [0.1, 0.15) is 5.82 Å². The lowest BCUT2D eigenvalue weighted by molar-refractivity contribution is 0.231. The number of imidazole rings is 1. The third-order valence-corrected chi connectivity index (χ3v) is 4.04. The summed E-state index contributed by atoms with van der Waals surface area (Å²) < 4.78 is 2.09. The minimum atomic E-state index is 0.0679. The van der Waals surface area contributed by atoms with Gasteiger partial charge in [-0.1, -0.05) is 6.92 Å². The van der Waals surface area contributed by atoms with Gasteiger partial charge in [-0.2, -0.15) is 0 Å². The van der Waals surface area contributed by atoms with Crippen molar-refractivity contribution in [2.45, 2.75) is 51.0 Å². The van der Waals surface area contributed by atoms with E-state index in [1.165, 1.54) is 25.7 Å². The second kappa shape index (κ2) is 4.58. The standard InChI is InChI=1S/C13H23N3/c1-11-3-6-13(14,7-4-11)8-5-12-15-9-10-16(12)2/h9-11H,3-8,14H2,1-2H3. The molecule has 1 heterocycles. The highest BCUT2D eigenvalue weighted by molar-refractivity contribution is 4.96. The van der Waals surface area contributed by atoms with Crippen LogP contribution in [0.25, 0.3) is 0 Å². The summed E-state index contributed by atoms with van der Waals surface area (Å²) in [4.78, 5) is 4.35. The highest BCUT2D eigenvalue weighted by Gasteiger charge is 2.29. The molecule has 1 aromatic rings. The van der Waals surface area contributed by atoms with Gasteiger partial charge in [-0.25, -0.2) is 4.98 Å². The quantitative estimate of drug-likeness (QED) is 0.851. The fourth-order valence-electron chi connectivity index (χ4n) is 2.59. The van der Waals surface area contributed by atoms with Crippen molar-refractivity contribution in [1.29, 1.82) is 0 Å². The summed E-state index contributed by atoms with van der Waals surface area (Å²) in [5.41, 5.74) is 6.52. The maximum absolute atomic E-state index is 6.45. The highest BCUT2D eigenvalue weighted by Crippen LogP contribution is 2.32. The Balaban J connectivity index is 1.88. The molecule has 0 bridgehead atoms. The van der Waals surface area contributed by atoms with E-state index in [9.17, 15) is 0 Å². The van der Waals surface area contributed by atoms with Crippen molar-refractivity contribution >= 4 is 0 Å². The minimum Gasteiger partial charge on any atom is -0.338 e. The number of nitrogens with two attached hydrogens (primary N) is 1. The van der Waals surface area contributed by atoms with Crippen molar-refractivity contribution in [3.8, 4) is 0 Å². The molecule has 0 amide bonds. The molecule has 90 valence electrons. The van der Waals surface area contributed by atoms with Gasteiger partial charge in [0.05, 0.1) is 0 Å². The van der Waals surface area contributed by atoms with E-state index in [2.05, 4.69) is 23.5 Å². The summed E-state index contributed by atoms with van der Waals surface area (Å²) in [6, 6.07) is 0. The molecule has 0 unspecified atom stereocenters. The van der Waals surface area contributed by atoms with Crippen molar-refractivity contribution in [1.82, 2.24) is 9.55 Å². The Morgan fingerprint density at radius 1 is 1.50 bits per heavy atom. The minimum absolute atomic E-state index is 0.0679. The Morgan fingerprint density at radius 2 is 2.19 bits per heavy atom. The van der Waals surface area contributed by atoms with Crippen molar-refractivity contribution < 1.29 is 0 Å². The molecule has 0 aromatic carbocycles. The lowest BCUT2D eigenvalue weighted by atomic mass is 9.75. The van der Waals surface area contributed by atoms with Gasteiger partial charge in [0.25, 0.3) is 0 Å². The van der Waals surface area contributed by atoms with Gasteiger partial charge in [0.15, 0.2) is 0 Å². The van der Waals surface area contributed by atoms with Crippen LogP contribution in [0.15, 0.2) is 12.4 Å². The number of aromatic nitrogens is 2. The fraction of sp³-hybridized carbons (Fsp3) is 0.769. The van der Waals surface area contributed by atoms with E-state index >= 15 is 0 Å². The van der Waals surface area contributed by atoms with E-state index in [4.69, 9.17) is 5.73 Å². The number of nitrogens with zero attached hydrogens (tertiary/aromatic N) is 2. The maximum Gasteiger partial charge on any atom is 0.108 e. The van der Waals surface area contributed by atoms with Crippen LogP contribution in [-0.2, 0) is 13.5 Å². The summed E-state index contributed by atoms with van der Waals surface area (Å²) in [6.45, 7) is 2.33. The summed E-state index contributed by atoms with van der Waals surface area (Å²) in [5.74, 6) is 2.02. The zero-order valence-corrected chi connectivity index (χ0v) is 10.4. The molecule has 3 heteroatoms. The predicted octanol–water partition coefficient (Wildman–Crippen LogP) is 2.26. The second-order valence-electron chi connectivity index (χ2n) is 5.50. The van der Waals surface area contributed by atoms with Crippen LogP contribution < -0.4 is 5.73 Å². The van der Waals surface area contributed by atoms with E-state index in [1.54, 1.807) is 0 Å². The molecule has 16 heavy (non-hydrogen) atoms. The normalized spacial score (nSPS) is 30.6. The number of rotatable bonds is 3. The summed E-state index contributed by atoms with van der Waals surface area (Å²) >= 11 is 0. The second-order valence-corrected chi connectivity index (χ2v) is 5.50. The zero-order valence-electron chi connectivity index (χ0n) is 10.4. The van der Waals surface area contributed by atoms with Crippen molar-refractivity contribution in [3.63, 3.8) is 0 Å². The lowest BCUT2D eigenvalue weighted by Crippen LogP contribution is -2.43. The van der Waals surface area contributed by atoms with Crippen LogP contribution in [-0.4, -0.2) is 15.1 Å². The van der Waals surface area contributed by atoms with Crippen molar-refractivity contribution in [2.24, 2.45) is 18.7 Å². The summed E-state index contributed by atoms with van der Waals surface area (Å²) in [6.07, 6.45) is 10.9. The molecule has 1 aromatic heterocycles. The molecule has 0 atom stereocenters. The maximum atomic E-state index is 6.45. The molecule has 1 aliphatic rings. The van der Waals surface area contributed by atoms with E-state index in [-0.39, 0.29) is 5.54 Å². The Labute approximate surface area is 98.1 Å². The average molecular weight is 221 g/mol. The van der Waals surface area contributed by atoms with Gasteiger partial charge in [0, 0.05) is 31.4 Å². The number of hydrogen-bond acceptors (Lipinski definition) is 2. The summed E-state index contributed by atoms with van der Waals surface area (Å²) in [5, 5.41) is 0. The Kier molecular flexibility index (Phi) is 3.33. The third-order valence-electron chi connectivity index (χ3n) is 4.04. The van der Waals surface area contributed by atoms with Gasteiger partial charge in [-0.3, -0.25) is 0 Å². The Hall–Kier alpha value is -0.830. The smallest absolute Gasteiger partial charge is 0.108 e. The topological polar surface area (TPSA) is 43.8 Å². The van der Waals surface area contributed by atoms with Gasteiger partial charge in [-0.15, -0.1) is 0 Å². The van der Waals surface area contributed by atoms with E-state index in [1.807, 2.05) is 12.4 Å². The van der Waals surface area contributed by atoms with Gasteiger partial charge < -0.3 is 10.3 Å². The van der Waals surface area contributed by atoms with Gasteiger partial charge in [-0.05, 0) is 38.0 Å². The molecule has 2 N–H and O–H groups in total. The van der Waals surface area contributed by atoms with E-state index in [0.29, 0.717) is 0 Å². The first-order valence-electron chi connectivity index (χ1n) is 6.34. The monoisotopic (exact) mass is 221 g/mol. The molecule has 3 nitrogen and oxygen atoms in total. The van der Waals surface area contributed by atoms with Crippen molar-refractivity contribution in [2.75, 3.05) is 0 Å². The first kappa shape index (κ1) is 11.6. The third kappa shape index (κ3) is 2.64. The molecule has 0 saturated heterocycles. The molecule has 0 spiro atoms. The van der Waals surface area contributed by atoms with Crippen LogP contribution in [0, 0.1) is 5.92 Å². The lowest BCUT2D eigenvalue weighted by Gasteiger charge is -2.36. The molecule has 1 fully saturated rings. The van der Waals surface area contributed by atoms with Crippen LogP contribution in [0.3, 0.4) is 0 Å². The van der Waals surface area contributed by atoms with E-state index < -0.39 is 0 Å². The molecule has 0 radical (unpaired) electrons. The molecular formula is C13H23N3. The first-order valence-corrected chi connectivity index (χ1v) is 6.34. The van der Waals surface area contributed by atoms with Crippen LogP contribution in [0.4, 0.5) is 0 Å². The SMILES string of the molecule is CC1CCC(N)(CCc2nccn2C)CC1. The van der Waals surface area contributed by atoms with Crippen LogP contribution >= 0.6 is 0 Å². The molecule has 1 aliphatic carbocycles.